The fourth-order valence-corrected chi connectivity index (χ4v) is 2.58. The molecule has 1 saturated carbocycles. The zero-order chi connectivity index (χ0) is 12.1. The van der Waals surface area contributed by atoms with Gasteiger partial charge < -0.3 is 10.4 Å². The third kappa shape index (κ3) is 4.48. The van der Waals surface area contributed by atoms with Gasteiger partial charge in [-0.25, -0.2) is 0 Å². The highest BCUT2D eigenvalue weighted by Crippen LogP contribution is 2.32. The van der Waals surface area contributed by atoms with Crippen molar-refractivity contribution in [3.8, 4) is 0 Å². The van der Waals surface area contributed by atoms with Crippen molar-refractivity contribution < 1.29 is 9.90 Å². The molecule has 2 N–H and O–H groups in total. The van der Waals surface area contributed by atoms with Gasteiger partial charge in [0.15, 0.2) is 0 Å². The van der Waals surface area contributed by atoms with Gasteiger partial charge in [0.1, 0.15) is 0 Å². The van der Waals surface area contributed by atoms with Gasteiger partial charge in [-0.3, -0.25) is 4.79 Å². The first kappa shape index (κ1) is 12.6. The molecule has 1 fully saturated rings. The van der Waals surface area contributed by atoms with Crippen LogP contribution in [0.15, 0.2) is 17.5 Å². The van der Waals surface area contributed by atoms with Crippen LogP contribution in [0.5, 0.6) is 0 Å². The molecule has 1 aliphatic carbocycles. The van der Waals surface area contributed by atoms with Gasteiger partial charge in [0.2, 0.25) is 5.91 Å². The van der Waals surface area contributed by atoms with Gasteiger partial charge in [-0.2, -0.15) is 0 Å². The molecule has 4 heteroatoms. The molecule has 1 aliphatic rings. The molecule has 94 valence electrons. The molecule has 17 heavy (non-hydrogen) atoms. The molecule has 3 nitrogen and oxygen atoms in total. The molecule has 0 aromatic carbocycles. The summed E-state index contributed by atoms with van der Waals surface area (Å²) in [6, 6.07) is 4.13. The Balaban J connectivity index is 1.54. The number of carbonyl (C=O) groups excluding carboxylic acids is 1. The largest absolute Gasteiger partial charge is 0.391 e. The predicted octanol–water partition coefficient (Wildman–Crippen LogP) is 1.96. The van der Waals surface area contributed by atoms with E-state index in [4.69, 9.17) is 0 Å². The third-order valence-corrected chi connectivity index (χ3v) is 4.02. The first-order chi connectivity index (χ1) is 8.25. The summed E-state index contributed by atoms with van der Waals surface area (Å²) in [5, 5.41) is 14.5. The predicted molar refractivity (Wildman–Crippen MR) is 69.0 cm³/mol. The maximum Gasteiger partial charge on any atom is 0.220 e. The lowest BCUT2D eigenvalue weighted by Gasteiger charge is -2.10. The standard InChI is InChI=1S/C13H19NO2S/c15-12(10-6-7-10)9-14-13(16)5-1-3-11-4-2-8-17-11/h2,4,8,10,12,15H,1,3,5-7,9H2,(H,14,16). The maximum atomic E-state index is 11.5. The number of hydrogen-bond donors (Lipinski definition) is 2. The summed E-state index contributed by atoms with van der Waals surface area (Å²) in [5.41, 5.74) is 0. The highest BCUT2D eigenvalue weighted by atomic mass is 32.1. The van der Waals surface area contributed by atoms with Gasteiger partial charge in [-0.05, 0) is 43.0 Å². The molecule has 1 unspecified atom stereocenters. The van der Waals surface area contributed by atoms with E-state index in [-0.39, 0.29) is 12.0 Å². The number of nitrogens with one attached hydrogen (secondary N) is 1. The molecule has 1 aromatic rings. The number of hydrogen-bond acceptors (Lipinski definition) is 3. The second-order valence-electron chi connectivity index (χ2n) is 4.64. The van der Waals surface area contributed by atoms with Crippen LogP contribution in [0.4, 0.5) is 0 Å². The van der Waals surface area contributed by atoms with Crippen LogP contribution in [-0.4, -0.2) is 23.7 Å². The first-order valence-corrected chi connectivity index (χ1v) is 7.11. The van der Waals surface area contributed by atoms with Gasteiger partial charge in [-0.15, -0.1) is 11.3 Å². The van der Waals surface area contributed by atoms with E-state index in [9.17, 15) is 9.90 Å². The molecule has 1 amide bonds. The summed E-state index contributed by atoms with van der Waals surface area (Å²) in [4.78, 5) is 12.8. The van der Waals surface area contributed by atoms with Crippen LogP contribution in [0.2, 0.25) is 0 Å². The monoisotopic (exact) mass is 253 g/mol. The number of amides is 1. The molecule has 0 saturated heterocycles. The molecule has 0 spiro atoms. The van der Waals surface area contributed by atoms with Crippen LogP contribution in [0.25, 0.3) is 0 Å². The lowest BCUT2D eigenvalue weighted by molar-refractivity contribution is -0.121. The minimum absolute atomic E-state index is 0.0567. The van der Waals surface area contributed by atoms with Crippen molar-refractivity contribution in [3.05, 3.63) is 22.4 Å². The van der Waals surface area contributed by atoms with E-state index >= 15 is 0 Å². The summed E-state index contributed by atoms with van der Waals surface area (Å²) in [7, 11) is 0. The van der Waals surface area contributed by atoms with E-state index < -0.39 is 0 Å². The second kappa shape index (κ2) is 6.17. The van der Waals surface area contributed by atoms with E-state index in [0.717, 1.165) is 25.7 Å². The van der Waals surface area contributed by atoms with Crippen molar-refractivity contribution in [2.45, 2.75) is 38.2 Å². The van der Waals surface area contributed by atoms with Crippen molar-refractivity contribution in [1.29, 1.82) is 0 Å². The van der Waals surface area contributed by atoms with E-state index in [1.165, 1.54) is 4.88 Å². The Hall–Kier alpha value is -0.870. The van der Waals surface area contributed by atoms with Crippen molar-refractivity contribution >= 4 is 17.2 Å². The van der Waals surface area contributed by atoms with E-state index in [1.807, 2.05) is 6.07 Å². The van der Waals surface area contributed by atoms with Gasteiger partial charge in [0.25, 0.3) is 0 Å². The van der Waals surface area contributed by atoms with Crippen molar-refractivity contribution in [2.75, 3.05) is 6.54 Å². The molecule has 2 rings (SSSR count). The van der Waals surface area contributed by atoms with Crippen LogP contribution in [0.1, 0.15) is 30.6 Å². The fourth-order valence-electron chi connectivity index (χ4n) is 1.83. The van der Waals surface area contributed by atoms with Crippen LogP contribution in [-0.2, 0) is 11.2 Å². The lowest BCUT2D eigenvalue weighted by atomic mass is 10.2. The zero-order valence-electron chi connectivity index (χ0n) is 9.89. The van der Waals surface area contributed by atoms with E-state index in [2.05, 4.69) is 16.8 Å². The average molecular weight is 253 g/mol. The molecule has 0 radical (unpaired) electrons. The number of aliphatic hydroxyl groups excluding tert-OH is 1. The summed E-state index contributed by atoms with van der Waals surface area (Å²) in [6.45, 7) is 0.419. The third-order valence-electron chi connectivity index (χ3n) is 3.08. The van der Waals surface area contributed by atoms with E-state index in [0.29, 0.717) is 18.9 Å². The lowest BCUT2D eigenvalue weighted by Crippen LogP contribution is -2.32. The Morgan fingerprint density at radius 3 is 3.06 bits per heavy atom. The maximum absolute atomic E-state index is 11.5. The minimum atomic E-state index is -0.337. The van der Waals surface area contributed by atoms with Crippen LogP contribution in [0, 0.1) is 5.92 Å². The number of aliphatic hydroxyl groups is 1. The van der Waals surface area contributed by atoms with Gasteiger partial charge in [-0.1, -0.05) is 6.07 Å². The first-order valence-electron chi connectivity index (χ1n) is 6.23. The van der Waals surface area contributed by atoms with Crippen LogP contribution < -0.4 is 5.32 Å². The zero-order valence-corrected chi connectivity index (χ0v) is 10.7. The van der Waals surface area contributed by atoms with Gasteiger partial charge in [0, 0.05) is 17.8 Å². The quantitative estimate of drug-likeness (QED) is 0.780. The Bertz CT molecular complexity index is 346. The molecule has 0 aliphatic heterocycles. The van der Waals surface area contributed by atoms with E-state index in [1.54, 1.807) is 11.3 Å². The van der Waals surface area contributed by atoms with Crippen LogP contribution >= 0.6 is 11.3 Å². The SMILES string of the molecule is O=C(CCCc1cccs1)NCC(O)C1CC1. The molecule has 0 bridgehead atoms. The minimum Gasteiger partial charge on any atom is -0.391 e. The number of thiophene rings is 1. The second-order valence-corrected chi connectivity index (χ2v) is 5.67. The Labute approximate surface area is 106 Å². The summed E-state index contributed by atoms with van der Waals surface area (Å²) < 4.78 is 0. The Kier molecular flexibility index (Phi) is 4.57. The van der Waals surface area contributed by atoms with Gasteiger partial charge >= 0.3 is 0 Å². The van der Waals surface area contributed by atoms with Gasteiger partial charge in [0.05, 0.1) is 6.10 Å². The molecular weight excluding hydrogens is 234 g/mol. The summed E-state index contributed by atoms with van der Waals surface area (Å²) >= 11 is 1.73. The molecule has 1 heterocycles. The highest BCUT2D eigenvalue weighted by Gasteiger charge is 2.29. The number of aryl methyl sites for hydroxylation is 1. The fraction of sp³-hybridized carbons (Fsp3) is 0.615. The summed E-state index contributed by atoms with van der Waals surface area (Å²) in [5.74, 6) is 0.489. The van der Waals surface area contributed by atoms with Crippen molar-refractivity contribution in [2.24, 2.45) is 5.92 Å². The van der Waals surface area contributed by atoms with Crippen molar-refractivity contribution in [3.63, 3.8) is 0 Å². The highest BCUT2D eigenvalue weighted by molar-refractivity contribution is 7.09. The van der Waals surface area contributed by atoms with Crippen LogP contribution in [0.3, 0.4) is 0 Å². The van der Waals surface area contributed by atoms with Crippen molar-refractivity contribution in [1.82, 2.24) is 5.32 Å². The Morgan fingerprint density at radius 2 is 2.41 bits per heavy atom. The normalized spacial score (nSPS) is 16.8. The molecule has 1 aromatic heterocycles. The molecular formula is C13H19NO2S. The number of carbonyl (C=O) groups is 1. The topological polar surface area (TPSA) is 49.3 Å². The summed E-state index contributed by atoms with van der Waals surface area (Å²) in [6.07, 6.45) is 4.28. The molecule has 1 atom stereocenters. The number of rotatable bonds is 7. The average Bonchev–Trinajstić information content (AvgIpc) is 3.05. The smallest absolute Gasteiger partial charge is 0.220 e. The Morgan fingerprint density at radius 1 is 1.59 bits per heavy atom.